The van der Waals surface area contributed by atoms with Crippen molar-refractivity contribution < 1.29 is 54.9 Å². The van der Waals surface area contributed by atoms with Crippen molar-refractivity contribution in [2.75, 3.05) is 13.2 Å². The largest absolute Gasteiger partial charge is 0.490 e. The summed E-state index contributed by atoms with van der Waals surface area (Å²) in [5.41, 5.74) is -3.30. The van der Waals surface area contributed by atoms with Crippen molar-refractivity contribution in [3.8, 4) is 33.9 Å². The number of halogens is 7. The highest BCUT2D eigenvalue weighted by molar-refractivity contribution is 5.96. The Morgan fingerprint density at radius 2 is 1.74 bits per heavy atom. The molecule has 6 rings (SSSR count). The van der Waals surface area contributed by atoms with Gasteiger partial charge in [0.1, 0.15) is 35.0 Å². The van der Waals surface area contributed by atoms with Gasteiger partial charge in [0, 0.05) is 40.2 Å². The molecule has 1 aliphatic heterocycles. The van der Waals surface area contributed by atoms with Gasteiger partial charge in [0.2, 0.25) is 11.5 Å². The first kappa shape index (κ1) is 34.6. The second-order valence-electron chi connectivity index (χ2n) is 12.2. The molecule has 1 aliphatic carbocycles. The molecule has 2 aliphatic rings. The van der Waals surface area contributed by atoms with Crippen LogP contribution in [0.3, 0.4) is 0 Å². The molecule has 0 spiro atoms. The predicted octanol–water partition coefficient (Wildman–Crippen LogP) is 5.83. The Bertz CT molecular complexity index is 1980. The number of pyridine rings is 2. The Labute approximate surface area is 279 Å². The van der Waals surface area contributed by atoms with Crippen LogP contribution in [0.2, 0.25) is 0 Å². The van der Waals surface area contributed by atoms with Gasteiger partial charge in [0.15, 0.2) is 0 Å². The van der Waals surface area contributed by atoms with Gasteiger partial charge in [-0.05, 0) is 74.4 Å². The fraction of sp³-hybridized carbons (Fsp3) is 0.294. The van der Waals surface area contributed by atoms with Crippen molar-refractivity contribution >= 4 is 11.8 Å². The Hall–Kier alpha value is -5.25. The van der Waals surface area contributed by atoms with Crippen LogP contribution in [0.1, 0.15) is 46.9 Å². The number of ether oxygens (including phenoxy) is 2. The average molecular weight is 705 g/mol. The minimum Gasteiger partial charge on any atom is -0.490 e. The number of benzene rings is 2. The molecular weight excluding hydrogens is 677 g/mol. The Morgan fingerprint density at radius 1 is 1.04 bits per heavy atom. The zero-order valence-corrected chi connectivity index (χ0v) is 26.0. The van der Waals surface area contributed by atoms with Crippen molar-refractivity contribution in [3.05, 3.63) is 95.2 Å². The van der Waals surface area contributed by atoms with Crippen LogP contribution in [0.5, 0.6) is 11.5 Å². The van der Waals surface area contributed by atoms with Crippen LogP contribution >= 0.6 is 0 Å². The van der Waals surface area contributed by atoms with E-state index in [9.17, 15) is 45.4 Å². The number of primary amides is 1. The lowest BCUT2D eigenvalue weighted by atomic mass is 9.81. The van der Waals surface area contributed by atoms with Crippen molar-refractivity contribution in [1.29, 1.82) is 0 Å². The second-order valence-corrected chi connectivity index (χ2v) is 12.2. The van der Waals surface area contributed by atoms with Crippen LogP contribution in [-0.4, -0.2) is 52.3 Å². The first-order chi connectivity index (χ1) is 23.4. The Morgan fingerprint density at radius 3 is 2.36 bits per heavy atom. The Balaban J connectivity index is 1.39. The maximum absolute atomic E-state index is 14.8. The number of nitrogens with two attached hydrogens (primary N) is 1. The second kappa shape index (κ2) is 12.3. The highest BCUT2D eigenvalue weighted by Gasteiger charge is 2.57. The molecule has 1 fully saturated rings. The van der Waals surface area contributed by atoms with Gasteiger partial charge in [-0.15, -0.1) is 0 Å². The predicted molar refractivity (Wildman–Crippen MR) is 162 cm³/mol. The van der Waals surface area contributed by atoms with Gasteiger partial charge < -0.3 is 25.6 Å². The average Bonchev–Trinajstić information content (AvgIpc) is 3.82. The summed E-state index contributed by atoms with van der Waals surface area (Å²) >= 11 is 0. The monoisotopic (exact) mass is 704 g/mol. The first-order valence-electron chi connectivity index (χ1n) is 15.1. The number of amides is 2. The molecule has 2 aromatic carbocycles. The zero-order chi connectivity index (χ0) is 36.2. The quantitative estimate of drug-likeness (QED) is 0.187. The minimum absolute atomic E-state index is 0.0166. The zero-order valence-electron chi connectivity index (χ0n) is 26.0. The molecular formula is C34H27F7N4O5. The normalized spacial score (nSPS) is 18.5. The summed E-state index contributed by atoms with van der Waals surface area (Å²) in [5, 5.41) is 13.3. The van der Waals surface area contributed by atoms with E-state index in [0.29, 0.717) is 19.0 Å². The number of aromatic nitrogens is 2. The van der Waals surface area contributed by atoms with Crippen molar-refractivity contribution in [1.82, 2.24) is 15.3 Å². The number of rotatable bonds is 9. The number of carbonyl (C=O) groups is 2. The Kier molecular flexibility index (Phi) is 8.49. The van der Waals surface area contributed by atoms with Gasteiger partial charge in [-0.3, -0.25) is 14.6 Å². The summed E-state index contributed by atoms with van der Waals surface area (Å²) in [6, 6.07) is 9.78. The molecule has 2 amide bonds. The number of alkyl halides is 6. The topological polar surface area (TPSA) is 137 Å². The van der Waals surface area contributed by atoms with Gasteiger partial charge in [-0.25, -0.2) is 9.37 Å². The van der Waals surface area contributed by atoms with E-state index in [1.54, 1.807) is 0 Å². The molecule has 0 unspecified atom stereocenters. The van der Waals surface area contributed by atoms with Crippen LogP contribution in [0.15, 0.2) is 67.0 Å². The minimum atomic E-state index is -5.49. The lowest BCUT2D eigenvalue weighted by Crippen LogP contribution is -2.51. The van der Waals surface area contributed by atoms with Gasteiger partial charge >= 0.3 is 12.4 Å². The third-order valence-corrected chi connectivity index (χ3v) is 8.61. The molecule has 16 heteroatoms. The molecule has 2 atom stereocenters. The number of nitrogens with zero attached hydrogens (tertiary/aromatic N) is 2. The number of aliphatic hydroxyl groups is 1. The van der Waals surface area contributed by atoms with E-state index < -0.39 is 58.8 Å². The van der Waals surface area contributed by atoms with Crippen LogP contribution in [0.25, 0.3) is 22.4 Å². The lowest BCUT2D eigenvalue weighted by Gasteiger charge is -2.31. The van der Waals surface area contributed by atoms with Crippen LogP contribution < -0.4 is 20.5 Å². The van der Waals surface area contributed by atoms with Crippen LogP contribution in [-0.2, 0) is 22.0 Å². The molecule has 9 nitrogen and oxygen atoms in total. The summed E-state index contributed by atoms with van der Waals surface area (Å²) in [7, 11) is 0. The maximum Gasteiger partial charge on any atom is 0.424 e. The standard InChI is InChI=1S/C34H27F7N4O5/c1-31(30(42)47)16-49-28-23(31)13-26(45-27(28)17-2-5-19(35)6-3-17)32(48,34(39,40)41)15-44-29(46)18-4-9-25(50-20-7-8-20)22(12-18)21-10-11-43-14-24(21)33(36,37)38/h2-6,9-14,20,48H,7-8,15-16H2,1H3,(H2,42,47)(H,44,46)/t31-,32-/m0/s1. The molecule has 1 saturated carbocycles. The van der Waals surface area contributed by atoms with E-state index in [1.165, 1.54) is 25.1 Å². The summed E-state index contributed by atoms with van der Waals surface area (Å²) in [4.78, 5) is 33.4. The van der Waals surface area contributed by atoms with E-state index >= 15 is 0 Å². The summed E-state index contributed by atoms with van der Waals surface area (Å²) in [5.74, 6) is -2.88. The molecule has 50 heavy (non-hydrogen) atoms. The highest BCUT2D eigenvalue weighted by Crippen LogP contribution is 2.48. The number of carbonyl (C=O) groups excluding carboxylic acids is 2. The number of hydrogen-bond acceptors (Lipinski definition) is 7. The third-order valence-electron chi connectivity index (χ3n) is 8.61. The van der Waals surface area contributed by atoms with Crippen molar-refractivity contribution in [2.24, 2.45) is 5.73 Å². The molecule has 0 radical (unpaired) electrons. The van der Waals surface area contributed by atoms with Crippen LogP contribution in [0.4, 0.5) is 30.7 Å². The molecule has 2 aromatic heterocycles. The van der Waals surface area contributed by atoms with Crippen molar-refractivity contribution in [3.63, 3.8) is 0 Å². The van der Waals surface area contributed by atoms with Gasteiger partial charge in [-0.1, -0.05) is 0 Å². The van der Waals surface area contributed by atoms with Gasteiger partial charge in [0.05, 0.1) is 23.9 Å². The molecule has 4 aromatic rings. The lowest BCUT2D eigenvalue weighted by molar-refractivity contribution is -0.265. The fourth-order valence-corrected chi connectivity index (χ4v) is 5.45. The summed E-state index contributed by atoms with van der Waals surface area (Å²) < 4.78 is 111. The van der Waals surface area contributed by atoms with E-state index in [4.69, 9.17) is 15.2 Å². The molecule has 3 heterocycles. The number of nitrogens with one attached hydrogen (secondary N) is 1. The van der Waals surface area contributed by atoms with E-state index in [1.807, 2.05) is 5.32 Å². The van der Waals surface area contributed by atoms with E-state index in [-0.39, 0.29) is 57.7 Å². The smallest absolute Gasteiger partial charge is 0.424 e. The highest BCUT2D eigenvalue weighted by atomic mass is 19.4. The molecule has 4 N–H and O–H groups in total. The fourth-order valence-electron chi connectivity index (χ4n) is 5.45. The number of hydrogen-bond donors (Lipinski definition) is 3. The first-order valence-corrected chi connectivity index (χ1v) is 15.1. The van der Waals surface area contributed by atoms with Crippen LogP contribution in [0, 0.1) is 5.82 Å². The number of fused-ring (bicyclic) bond motifs is 1. The third kappa shape index (κ3) is 6.30. The van der Waals surface area contributed by atoms with Gasteiger partial charge in [0.25, 0.3) is 5.91 Å². The molecule has 0 bridgehead atoms. The van der Waals surface area contributed by atoms with E-state index in [2.05, 4.69) is 9.97 Å². The van der Waals surface area contributed by atoms with E-state index in [0.717, 1.165) is 42.6 Å². The SMILES string of the molecule is C[C@]1(C(N)=O)COc2c1cc([C@@](O)(CNC(=O)c1ccc(OC3CC3)c(-c3ccncc3C(F)(F)F)c1)C(F)(F)F)nc2-c1ccc(F)cc1. The molecule has 0 saturated heterocycles. The van der Waals surface area contributed by atoms with Crippen molar-refractivity contribution in [2.45, 2.75) is 49.2 Å². The van der Waals surface area contributed by atoms with Gasteiger partial charge in [-0.2, -0.15) is 26.3 Å². The summed E-state index contributed by atoms with van der Waals surface area (Å²) in [6.45, 7) is -0.555. The summed E-state index contributed by atoms with van der Waals surface area (Å²) in [6.07, 6.45) is -7.56. The maximum atomic E-state index is 14.8. The molecule has 262 valence electrons.